The van der Waals surface area contributed by atoms with Crippen molar-refractivity contribution in [1.29, 1.82) is 0 Å². The molecule has 0 unspecified atom stereocenters. The molecule has 0 atom stereocenters. The highest BCUT2D eigenvalue weighted by Crippen LogP contribution is 2.53. The van der Waals surface area contributed by atoms with Gasteiger partial charge in [0.2, 0.25) is 17.5 Å². The number of nitrogen functional groups attached to an aromatic ring is 1. The first-order valence-electron chi connectivity index (χ1n) is 17.2. The lowest BCUT2D eigenvalue weighted by Crippen LogP contribution is -2.29. The van der Waals surface area contributed by atoms with Crippen LogP contribution in [0.25, 0.3) is 48.4 Å². The molecule has 4 N–H and O–H groups in total. The average molecular weight is 754 g/mol. The van der Waals surface area contributed by atoms with Crippen molar-refractivity contribution < 1.29 is 14.3 Å². The maximum absolute atomic E-state index is 12.5. The highest BCUT2D eigenvalue weighted by atomic mass is 32.1. The Hall–Kier alpha value is -6.30. The van der Waals surface area contributed by atoms with E-state index in [2.05, 4.69) is 73.1 Å². The molecular weight excluding hydrogens is 719 g/mol. The summed E-state index contributed by atoms with van der Waals surface area (Å²) in [5.41, 5.74) is 14.7. The van der Waals surface area contributed by atoms with E-state index in [1.807, 2.05) is 61.7 Å². The van der Waals surface area contributed by atoms with Crippen molar-refractivity contribution in [2.24, 2.45) is 0 Å². The quantitative estimate of drug-likeness (QED) is 0.111. The van der Waals surface area contributed by atoms with Crippen LogP contribution < -0.4 is 20.7 Å². The summed E-state index contributed by atoms with van der Waals surface area (Å²) in [6.45, 7) is 13.7. The number of carbonyl (C=O) groups excluding carboxylic acids is 1. The topological polar surface area (TPSA) is 149 Å². The number of aromatic nitrogens is 5. The molecule has 1 amide bonds. The minimum Gasteiger partial charge on any atom is -0.471 e. The minimum absolute atomic E-state index is 0.0910. The summed E-state index contributed by atoms with van der Waals surface area (Å²) in [6.07, 6.45) is 3.00. The monoisotopic (exact) mass is 753 g/mol. The number of ether oxygens (including phenoxy) is 2. The van der Waals surface area contributed by atoms with Crippen LogP contribution in [-0.2, 0) is 23.3 Å². The van der Waals surface area contributed by atoms with Crippen LogP contribution in [0.4, 0.5) is 16.4 Å². The molecule has 4 aromatic heterocycles. The molecule has 4 heterocycles. The lowest BCUT2D eigenvalue weighted by molar-refractivity contribution is 0.148. The summed E-state index contributed by atoms with van der Waals surface area (Å²) < 4.78 is 12.4. The maximum Gasteiger partial charge on any atom is 0.407 e. The van der Waals surface area contributed by atoms with Crippen LogP contribution in [0.3, 0.4) is 0 Å². The zero-order valence-electron chi connectivity index (χ0n) is 29.7. The molecule has 270 valence electrons. The molecule has 0 spiro atoms. The number of nitrogens with two attached hydrogens (primary N) is 1. The van der Waals surface area contributed by atoms with Crippen molar-refractivity contribution in [1.82, 2.24) is 30.2 Å². The fourth-order valence-electron chi connectivity index (χ4n) is 6.50. The number of likely N-dealkylation sites (N-methyl/N-ethyl adjacent to an activating group) is 1. The summed E-state index contributed by atoms with van der Waals surface area (Å²) in [5.74, 6) is 0.427. The standard InChI is InChI=1S/C40H35N9O3S2/c1-40(2)28-17-25(13-14-27(28)34-29(40)18-26(53-34)19-31(42-3)37-46-30-7-5-6-8-32(30)54-37)49(4)15-16-51-39(50)43-20-23-9-11-24(12-10-23)21-52-36-33-35(45-22-44-33)47-38(41)48-36/h5-14,17-19,22H,15-16,20-21H2,1-2,4H3,(H,43,50)(H3,41,44,45,47,48)/b31-19-. The van der Waals surface area contributed by atoms with Crippen LogP contribution in [0, 0.1) is 6.57 Å². The van der Waals surface area contributed by atoms with E-state index in [0.717, 1.165) is 36.9 Å². The zero-order chi connectivity index (χ0) is 37.4. The number of H-pyrrole nitrogens is 1. The van der Waals surface area contributed by atoms with Gasteiger partial charge in [-0.15, -0.1) is 22.7 Å². The number of para-hydroxylation sites is 1. The van der Waals surface area contributed by atoms with Gasteiger partial charge in [-0.3, -0.25) is 0 Å². The van der Waals surface area contributed by atoms with Crippen molar-refractivity contribution >= 4 is 73.6 Å². The Bertz CT molecular complexity index is 2570. The summed E-state index contributed by atoms with van der Waals surface area (Å²) in [4.78, 5) is 40.7. The second-order valence-corrected chi connectivity index (χ2v) is 15.5. The molecule has 0 saturated carbocycles. The number of fused-ring (bicyclic) bond motifs is 5. The summed E-state index contributed by atoms with van der Waals surface area (Å²) in [6, 6.07) is 24.4. The third-order valence-corrected chi connectivity index (χ3v) is 11.6. The Morgan fingerprint density at radius 3 is 2.67 bits per heavy atom. The smallest absolute Gasteiger partial charge is 0.407 e. The first-order valence-corrected chi connectivity index (χ1v) is 18.8. The number of imidazole rings is 1. The van der Waals surface area contributed by atoms with Crippen LogP contribution >= 0.6 is 22.7 Å². The summed E-state index contributed by atoms with van der Waals surface area (Å²) >= 11 is 3.26. The number of nitrogens with zero attached hydrogens (tertiary/aromatic N) is 6. The number of thiazole rings is 1. The van der Waals surface area contributed by atoms with E-state index in [-0.39, 0.29) is 24.6 Å². The highest BCUT2D eigenvalue weighted by molar-refractivity contribution is 7.19. The van der Waals surface area contributed by atoms with E-state index in [1.165, 1.54) is 27.9 Å². The normalized spacial score (nSPS) is 13.0. The molecule has 3 aromatic carbocycles. The van der Waals surface area contributed by atoms with Gasteiger partial charge in [-0.25, -0.2) is 19.6 Å². The van der Waals surface area contributed by atoms with E-state index in [4.69, 9.17) is 26.8 Å². The number of amides is 1. The van der Waals surface area contributed by atoms with Gasteiger partial charge in [0.25, 0.3) is 0 Å². The van der Waals surface area contributed by atoms with Crippen molar-refractivity contribution in [3.63, 3.8) is 0 Å². The number of carbonyl (C=O) groups is 1. The van der Waals surface area contributed by atoms with E-state index in [0.29, 0.717) is 35.8 Å². The minimum atomic E-state index is -0.477. The maximum atomic E-state index is 12.5. The largest absolute Gasteiger partial charge is 0.471 e. The third-order valence-electron chi connectivity index (χ3n) is 9.46. The van der Waals surface area contributed by atoms with Crippen LogP contribution in [0.15, 0.2) is 79.1 Å². The van der Waals surface area contributed by atoms with Gasteiger partial charge in [0.1, 0.15) is 23.7 Å². The van der Waals surface area contributed by atoms with Gasteiger partial charge in [0, 0.05) is 34.4 Å². The van der Waals surface area contributed by atoms with Gasteiger partial charge in [-0.05, 0) is 64.2 Å². The number of thiophene rings is 1. The molecule has 8 rings (SSSR count). The number of hydrogen-bond acceptors (Lipinski definition) is 11. The van der Waals surface area contributed by atoms with Crippen molar-refractivity contribution in [2.45, 2.75) is 32.4 Å². The van der Waals surface area contributed by atoms with Crippen molar-refractivity contribution in [2.75, 3.05) is 30.8 Å². The summed E-state index contributed by atoms with van der Waals surface area (Å²) in [5, 5.41) is 3.57. The van der Waals surface area contributed by atoms with E-state index in [1.54, 1.807) is 22.7 Å². The predicted molar refractivity (Wildman–Crippen MR) is 214 cm³/mol. The molecule has 0 bridgehead atoms. The van der Waals surface area contributed by atoms with E-state index >= 15 is 0 Å². The summed E-state index contributed by atoms with van der Waals surface area (Å²) in [7, 11) is 2.00. The Morgan fingerprint density at radius 1 is 1.04 bits per heavy atom. The number of nitrogens with one attached hydrogen (secondary N) is 2. The molecule has 0 saturated heterocycles. The molecule has 12 nitrogen and oxygen atoms in total. The van der Waals surface area contributed by atoms with Gasteiger partial charge in [-0.2, -0.15) is 9.97 Å². The number of aromatic amines is 1. The fraction of sp³-hybridized carbons (Fsp3) is 0.200. The number of rotatable bonds is 11. The van der Waals surface area contributed by atoms with E-state index < -0.39 is 6.09 Å². The van der Waals surface area contributed by atoms with Crippen LogP contribution in [0.1, 0.15) is 46.0 Å². The second kappa shape index (κ2) is 14.3. The van der Waals surface area contributed by atoms with Crippen LogP contribution in [0.2, 0.25) is 0 Å². The third kappa shape index (κ3) is 6.82. The zero-order valence-corrected chi connectivity index (χ0v) is 31.3. The van der Waals surface area contributed by atoms with E-state index in [9.17, 15) is 4.79 Å². The Morgan fingerprint density at radius 2 is 1.85 bits per heavy atom. The Kier molecular flexibility index (Phi) is 9.18. The van der Waals surface area contributed by atoms with Crippen molar-refractivity contribution in [3.05, 3.63) is 123 Å². The number of benzene rings is 3. The second-order valence-electron chi connectivity index (χ2n) is 13.4. The van der Waals surface area contributed by atoms with Crippen molar-refractivity contribution in [3.8, 4) is 16.3 Å². The molecule has 0 radical (unpaired) electrons. The molecule has 1 aliphatic rings. The van der Waals surface area contributed by atoms with Gasteiger partial charge < -0.3 is 30.4 Å². The number of alkyl carbamates (subject to hydrolysis) is 1. The lowest BCUT2D eigenvalue weighted by atomic mass is 9.82. The number of hydrogen-bond donors (Lipinski definition) is 3. The van der Waals surface area contributed by atoms with Gasteiger partial charge in [0.05, 0.1) is 29.7 Å². The highest BCUT2D eigenvalue weighted by Gasteiger charge is 2.37. The molecule has 54 heavy (non-hydrogen) atoms. The van der Waals surface area contributed by atoms with Gasteiger partial charge >= 0.3 is 6.09 Å². The SMILES string of the molecule is [C-]#[N+]/C(=C\c1cc2c(s1)-c1ccc(N(C)CCOC(=O)NCc3ccc(COc4nc(N)nc5nc[nH]c45)cc3)cc1C2(C)C)c1nc2ccccc2s1. The molecule has 14 heteroatoms. The van der Waals surface area contributed by atoms with Crippen LogP contribution in [0.5, 0.6) is 5.88 Å². The molecule has 7 aromatic rings. The first kappa shape index (κ1) is 34.8. The van der Waals surface area contributed by atoms with Crippen LogP contribution in [-0.4, -0.2) is 51.2 Å². The Labute approximate surface area is 319 Å². The average Bonchev–Trinajstić information content (AvgIpc) is 3.96. The molecular formula is C40H35N9O3S2. The first-order chi connectivity index (χ1) is 26.2. The van der Waals surface area contributed by atoms with Gasteiger partial charge in [-0.1, -0.05) is 56.3 Å². The van der Waals surface area contributed by atoms with Gasteiger partial charge in [0.15, 0.2) is 5.65 Å². The molecule has 0 fully saturated rings. The lowest BCUT2D eigenvalue weighted by Gasteiger charge is -2.24. The number of anilines is 2. The molecule has 1 aliphatic carbocycles. The molecule has 0 aliphatic heterocycles. The fourth-order valence-corrected chi connectivity index (χ4v) is 8.72. The predicted octanol–water partition coefficient (Wildman–Crippen LogP) is 8.27. The Balaban J connectivity index is 0.836.